The van der Waals surface area contributed by atoms with Crippen molar-refractivity contribution in [2.75, 3.05) is 6.61 Å². The maximum atomic E-state index is 12.2. The number of hydrogen-bond donors (Lipinski definition) is 1. The summed E-state index contributed by atoms with van der Waals surface area (Å²) in [7, 11) is 0. The Morgan fingerprint density at radius 2 is 1.48 bits per heavy atom. The number of aromatic nitrogens is 1. The molecular formula is C33H53N7O12+2. The van der Waals surface area contributed by atoms with E-state index in [-0.39, 0.29) is 56.9 Å². The molecule has 0 bridgehead atoms. The van der Waals surface area contributed by atoms with Gasteiger partial charge >= 0.3 is 6.09 Å². The van der Waals surface area contributed by atoms with Gasteiger partial charge in [0, 0.05) is 57.7 Å². The Morgan fingerprint density at radius 1 is 0.942 bits per heavy atom. The molecule has 0 atom stereocenters. The van der Waals surface area contributed by atoms with Gasteiger partial charge in [-0.3, -0.25) is 4.79 Å². The van der Waals surface area contributed by atoms with Crippen LogP contribution in [0.1, 0.15) is 77.6 Å². The minimum absolute atomic E-state index is 0. The number of carbonyl (C=O) groups is 2. The van der Waals surface area contributed by atoms with E-state index in [2.05, 4.69) is 129 Å². The van der Waals surface area contributed by atoms with Crippen LogP contribution in [0.15, 0.2) is 40.3 Å². The lowest BCUT2D eigenvalue weighted by Gasteiger charge is -2.29. The fourth-order valence-corrected chi connectivity index (χ4v) is 3.03. The normalized spacial score (nSPS) is 8.48. The topological polar surface area (TPSA) is 233 Å². The summed E-state index contributed by atoms with van der Waals surface area (Å²) < 4.78 is 6.91. The zero-order valence-electron chi connectivity index (χ0n) is 29.0. The summed E-state index contributed by atoms with van der Waals surface area (Å²) in [6, 6.07) is 3.35. The van der Waals surface area contributed by atoms with E-state index in [1.807, 2.05) is 27.7 Å². The molecule has 1 aromatic heterocycles. The third-order valence-corrected chi connectivity index (χ3v) is 4.76. The summed E-state index contributed by atoms with van der Waals surface area (Å²) >= 11 is 0. The van der Waals surface area contributed by atoms with Crippen molar-refractivity contribution < 1.29 is 72.1 Å². The predicted octanol–water partition coefficient (Wildman–Crippen LogP) is 5.30. The van der Waals surface area contributed by atoms with Crippen LogP contribution in [-0.2, 0) is 41.4 Å². The molecule has 19 nitrogen and oxygen atoms in total. The van der Waals surface area contributed by atoms with Crippen molar-refractivity contribution in [2.45, 2.75) is 73.2 Å². The maximum absolute atomic E-state index is 12.2. The Morgan fingerprint density at radius 3 is 1.94 bits per heavy atom. The fourth-order valence-electron chi connectivity index (χ4n) is 3.03. The van der Waals surface area contributed by atoms with Crippen molar-refractivity contribution in [3.8, 4) is 82.9 Å². The second-order valence-corrected chi connectivity index (χ2v) is 8.96. The molecule has 1 heterocycles. The Bertz CT molecular complexity index is 1740. The number of pyridine rings is 1. The van der Waals surface area contributed by atoms with Gasteiger partial charge in [0.2, 0.25) is 0 Å². The smallest absolute Gasteiger partial charge is 0.388 e. The van der Waals surface area contributed by atoms with E-state index in [1.54, 1.807) is 47.8 Å². The molecule has 0 aliphatic carbocycles. The van der Waals surface area contributed by atoms with E-state index in [9.17, 15) is 19.7 Å². The van der Waals surface area contributed by atoms with Crippen molar-refractivity contribution in [1.82, 2.24) is 4.90 Å². The van der Waals surface area contributed by atoms with E-state index >= 15 is 0 Å². The molecule has 0 aliphatic rings. The summed E-state index contributed by atoms with van der Waals surface area (Å²) in [5.41, 5.74) is 6.46. The van der Waals surface area contributed by atoms with Gasteiger partial charge in [-0.05, 0) is 130 Å². The van der Waals surface area contributed by atoms with Crippen molar-refractivity contribution >= 4 is 11.9 Å². The molecule has 0 spiro atoms. The maximum Gasteiger partial charge on any atom is 0.415 e. The molecule has 1 aromatic rings. The fraction of sp³-hybridized carbons (Fsp3) is 0.364. The quantitative estimate of drug-likeness (QED) is 0.0263. The molecule has 0 aliphatic heterocycles. The first kappa shape index (κ1) is 47.1. The van der Waals surface area contributed by atoms with Gasteiger partial charge in [0.15, 0.2) is 18.2 Å². The van der Waals surface area contributed by atoms with Crippen molar-refractivity contribution in [3.63, 3.8) is 0 Å². The number of hydrogen-bond acceptors (Lipinski definition) is 13. The van der Waals surface area contributed by atoms with Gasteiger partial charge in [-0.15, -0.1) is 10.1 Å². The summed E-state index contributed by atoms with van der Waals surface area (Å²) in [6.07, 6.45) is 3.23. The van der Waals surface area contributed by atoms with Crippen LogP contribution in [0.25, 0.3) is 0 Å². The molecule has 0 unspecified atom stereocenters. The van der Waals surface area contributed by atoms with Gasteiger partial charge in [-0.25, -0.2) is 10.1 Å². The highest BCUT2D eigenvalue weighted by molar-refractivity contribution is 5.95. The van der Waals surface area contributed by atoms with Crippen molar-refractivity contribution in [3.05, 3.63) is 40.2 Å². The molecule has 0 fully saturated rings. The van der Waals surface area contributed by atoms with Crippen LogP contribution in [0.3, 0.4) is 0 Å². The molecule has 0 radical (unpaired) electrons. The Labute approximate surface area is 313 Å². The van der Waals surface area contributed by atoms with Crippen LogP contribution >= 0.6 is 0 Å². The van der Waals surface area contributed by atoms with E-state index in [4.69, 9.17) is 15.5 Å². The molecule has 0 saturated heterocycles. The number of nitrogens with one attached hydrogen (secondary N) is 1. The van der Waals surface area contributed by atoms with Crippen LogP contribution in [0.5, 0.6) is 0 Å². The van der Waals surface area contributed by atoms with Crippen LogP contribution in [0.2, 0.25) is 0 Å². The Kier molecular flexibility index (Phi) is 30.7. The summed E-state index contributed by atoms with van der Waals surface area (Å²) in [4.78, 5) is 43.8. The summed E-state index contributed by atoms with van der Waals surface area (Å²) in [6.45, 7) is 10.9. The first-order chi connectivity index (χ1) is 25.0. The predicted molar refractivity (Wildman–Crippen MR) is 196 cm³/mol. The monoisotopic (exact) mass is 739 g/mol. The van der Waals surface area contributed by atoms with Crippen LogP contribution in [-0.4, -0.2) is 45.8 Å². The van der Waals surface area contributed by atoms with Gasteiger partial charge < -0.3 is 14.5 Å². The number of nitrogens with zero attached hydrogens (tertiary/aromatic N) is 6. The Balaban J connectivity index is -0.0000000696. The van der Waals surface area contributed by atoms with Crippen LogP contribution < -0.4 is 4.57 Å². The summed E-state index contributed by atoms with van der Waals surface area (Å²) in [5.74, 6) is 35.4. The molecule has 1 rings (SSSR count). The molecular weight excluding hydrogens is 686 g/mol. The molecule has 0 aromatic carbocycles. The van der Waals surface area contributed by atoms with Crippen molar-refractivity contribution in [1.29, 1.82) is 5.53 Å². The minimum atomic E-state index is -0.882. The Hall–Kier alpha value is -6.99. The standard InChI is InChI=1S/C17H26N3O6.C16H6.H2N4O6.9H2/c1-13(2)19(14(3)4)17(22)25-12-18-9-5-7-15(11-18)16(21)8-6-10-26-20(23)24;1-3-5-7-9-11-13-15-16-14-12-10-8-6-4-2;1-2-3-4-6-8-10-9-7-5;;;;;;;;;/h5,7,9,11,13-14H,6,8,10,12H2,1-4H3;1-2H3;1,5H;9*1H/q+1;;;;;;;;;;;/p+1/b;;2-1?,4-3+;;;;;;;;;. The van der Waals surface area contributed by atoms with Gasteiger partial charge in [-0.2, -0.15) is 15.1 Å². The number of Topliss-reactive ketones (excluding diaryl/α,β-unsaturated/α-hetero) is 1. The van der Waals surface area contributed by atoms with Crippen LogP contribution in [0, 0.1) is 98.5 Å². The van der Waals surface area contributed by atoms with Gasteiger partial charge in [0.05, 0.1) is 17.4 Å². The molecule has 0 saturated carbocycles. The highest BCUT2D eigenvalue weighted by Crippen LogP contribution is 2.08. The highest BCUT2D eigenvalue weighted by atomic mass is 17.8. The lowest BCUT2D eigenvalue weighted by Crippen LogP contribution is -2.45. The second-order valence-electron chi connectivity index (χ2n) is 8.96. The largest absolute Gasteiger partial charge is 0.415 e. The SMILES string of the molecule is CC#CC#CC#CC#CC#CC#CC#CC.CC(C)N(C(=O)OC[n+]1cccc(C(=O)CCCO[N+](=O)[O-])c1)C(C)C.N=N/N=N/OOOOO[OH2+].[HH].[HH].[HH].[HH].[HH].[HH].[HH].[HH].[HH]. The number of carbonyl (C=O) groups excluding carboxylic acids is 2. The molecule has 52 heavy (non-hydrogen) atoms. The zero-order valence-corrected chi connectivity index (χ0v) is 29.0. The van der Waals surface area contributed by atoms with Crippen LogP contribution in [0.4, 0.5) is 4.79 Å². The lowest BCUT2D eigenvalue weighted by molar-refractivity contribution is -0.757. The van der Waals surface area contributed by atoms with Gasteiger partial charge in [-0.1, -0.05) is 11.8 Å². The van der Waals surface area contributed by atoms with E-state index in [1.165, 1.54) is 0 Å². The average Bonchev–Trinajstić information content (AvgIpc) is 3.11. The second kappa shape index (κ2) is 33.9. The highest BCUT2D eigenvalue weighted by Gasteiger charge is 2.22. The van der Waals surface area contributed by atoms with Gasteiger partial charge in [0.1, 0.15) is 5.04 Å². The number of rotatable bonds is 16. The third-order valence-electron chi connectivity index (χ3n) is 4.76. The number of ether oxygens (including phenoxy) is 1. The molecule has 290 valence electrons. The summed E-state index contributed by atoms with van der Waals surface area (Å²) in [5, 5.41) is 36.1. The van der Waals surface area contributed by atoms with E-state index in [0.717, 1.165) is 0 Å². The minimum Gasteiger partial charge on any atom is -0.388 e. The molecule has 19 heteroatoms. The number of ketones is 1. The zero-order chi connectivity index (χ0) is 39.2. The third kappa shape index (κ3) is 29.2. The average molecular weight is 740 g/mol. The molecule has 3 N–H and O–H groups in total. The van der Waals surface area contributed by atoms with Crippen molar-refractivity contribution in [2.24, 2.45) is 15.7 Å². The first-order valence-electron chi connectivity index (χ1n) is 14.4. The van der Waals surface area contributed by atoms with E-state index in [0.29, 0.717) is 5.56 Å². The van der Waals surface area contributed by atoms with E-state index < -0.39 is 11.2 Å². The lowest BCUT2D eigenvalue weighted by atomic mass is 10.1. The van der Waals surface area contributed by atoms with Gasteiger partial charge in [0.25, 0.3) is 11.8 Å². The molecule has 1 amide bonds. The number of amides is 1. The first-order valence-corrected chi connectivity index (χ1v) is 14.4.